The molecular weight excluding hydrogens is 310 g/mol. The van der Waals surface area contributed by atoms with Crippen LogP contribution in [0, 0.1) is 5.92 Å². The third-order valence-corrected chi connectivity index (χ3v) is 5.77. The monoisotopic (exact) mass is 335 g/mol. The summed E-state index contributed by atoms with van der Waals surface area (Å²) < 4.78 is 5.64. The minimum Gasteiger partial charge on any atom is -0.464 e. The Kier molecular flexibility index (Phi) is 4.34. The van der Waals surface area contributed by atoms with Crippen LogP contribution in [-0.4, -0.2) is 37.1 Å². The van der Waals surface area contributed by atoms with Crippen molar-refractivity contribution in [2.45, 2.75) is 25.7 Å². The molecule has 3 nitrogen and oxygen atoms in total. The van der Waals surface area contributed by atoms with E-state index in [4.69, 9.17) is 4.74 Å². The number of likely N-dealkylation sites (N-methyl/N-ethyl adjacent to an activating group) is 1. The van der Waals surface area contributed by atoms with Gasteiger partial charge in [-0.25, -0.2) is 0 Å². The zero-order valence-electron chi connectivity index (χ0n) is 14.9. The Morgan fingerprint density at radius 3 is 1.96 bits per heavy atom. The van der Waals surface area contributed by atoms with Crippen LogP contribution in [0.4, 0.5) is 0 Å². The Morgan fingerprint density at radius 2 is 1.44 bits per heavy atom. The molecule has 0 saturated heterocycles. The Hall–Kier alpha value is -2.13. The van der Waals surface area contributed by atoms with E-state index in [0.717, 1.165) is 19.6 Å². The van der Waals surface area contributed by atoms with Crippen molar-refractivity contribution in [3.8, 4) is 11.1 Å². The van der Waals surface area contributed by atoms with E-state index in [-0.39, 0.29) is 23.7 Å². The lowest BCUT2D eigenvalue weighted by Gasteiger charge is -2.18. The fraction of sp³-hybridized carbons (Fsp3) is 0.409. The van der Waals surface area contributed by atoms with Crippen LogP contribution in [-0.2, 0) is 9.53 Å². The van der Waals surface area contributed by atoms with Crippen LogP contribution in [0.15, 0.2) is 48.5 Å². The van der Waals surface area contributed by atoms with Gasteiger partial charge in [0.2, 0.25) is 0 Å². The van der Waals surface area contributed by atoms with Crippen LogP contribution in [0.25, 0.3) is 11.1 Å². The molecule has 3 heteroatoms. The molecule has 0 aliphatic heterocycles. The van der Waals surface area contributed by atoms with E-state index in [9.17, 15) is 4.79 Å². The first-order valence-corrected chi connectivity index (χ1v) is 9.33. The third kappa shape index (κ3) is 2.77. The lowest BCUT2D eigenvalue weighted by Crippen LogP contribution is -2.28. The van der Waals surface area contributed by atoms with Crippen LogP contribution in [0.3, 0.4) is 0 Å². The maximum Gasteiger partial charge on any atom is 0.310 e. The van der Waals surface area contributed by atoms with Gasteiger partial charge in [-0.05, 0) is 35.3 Å². The van der Waals surface area contributed by atoms with Gasteiger partial charge in [0, 0.05) is 18.4 Å². The van der Waals surface area contributed by atoms with Crippen LogP contribution in [0.1, 0.15) is 36.8 Å². The normalized spacial score (nSPS) is 22.8. The molecule has 0 radical (unpaired) electrons. The quantitative estimate of drug-likeness (QED) is 0.746. The molecule has 0 spiro atoms. The summed E-state index contributed by atoms with van der Waals surface area (Å²) in [7, 11) is 0. The number of hydrogen-bond acceptors (Lipinski definition) is 3. The van der Waals surface area contributed by atoms with E-state index < -0.39 is 0 Å². The standard InChI is InChI=1S/C22H25NO2/c1-3-23(4-2)13-14-25-22(24)21-19-17-11-7-5-9-15(17)16-10-6-8-12-18(16)20(19)21/h5-12,19-21H,3-4,13-14H2,1-2H3/t19-,20+,21?. The van der Waals surface area contributed by atoms with E-state index in [0.29, 0.717) is 6.61 Å². The number of ether oxygens (including phenoxy) is 1. The van der Waals surface area contributed by atoms with Crippen LogP contribution in [0.2, 0.25) is 0 Å². The van der Waals surface area contributed by atoms with Gasteiger partial charge in [0.05, 0.1) is 5.92 Å². The summed E-state index contributed by atoms with van der Waals surface area (Å²) in [6.45, 7) is 7.55. The second-order valence-electron chi connectivity index (χ2n) is 6.95. The molecule has 2 aromatic rings. The summed E-state index contributed by atoms with van der Waals surface area (Å²) in [5.41, 5.74) is 5.16. The van der Waals surface area contributed by atoms with E-state index in [1.54, 1.807) is 0 Å². The summed E-state index contributed by atoms with van der Waals surface area (Å²) in [6.07, 6.45) is 0. The number of rotatable bonds is 6. The number of fused-ring (bicyclic) bond motifs is 6. The van der Waals surface area contributed by atoms with E-state index in [2.05, 4.69) is 67.3 Å². The van der Waals surface area contributed by atoms with Crippen molar-refractivity contribution in [1.82, 2.24) is 4.90 Å². The number of carbonyl (C=O) groups is 1. The van der Waals surface area contributed by atoms with Gasteiger partial charge in [-0.3, -0.25) is 4.79 Å². The van der Waals surface area contributed by atoms with Gasteiger partial charge in [0.1, 0.15) is 6.61 Å². The first-order chi connectivity index (χ1) is 12.3. The van der Waals surface area contributed by atoms with Gasteiger partial charge in [-0.1, -0.05) is 62.4 Å². The summed E-state index contributed by atoms with van der Waals surface area (Å²) >= 11 is 0. The van der Waals surface area contributed by atoms with Gasteiger partial charge in [0.25, 0.3) is 0 Å². The van der Waals surface area contributed by atoms with Crippen molar-refractivity contribution in [3.05, 3.63) is 59.7 Å². The Labute approximate surface area is 149 Å². The molecule has 3 atom stereocenters. The molecule has 2 aliphatic rings. The number of nitrogens with zero attached hydrogens (tertiary/aromatic N) is 1. The smallest absolute Gasteiger partial charge is 0.310 e. The number of hydrogen-bond donors (Lipinski definition) is 0. The predicted molar refractivity (Wildman–Crippen MR) is 99.6 cm³/mol. The molecule has 0 aromatic heterocycles. The molecule has 1 unspecified atom stereocenters. The number of esters is 1. The molecule has 2 aliphatic carbocycles. The summed E-state index contributed by atoms with van der Waals surface area (Å²) in [6, 6.07) is 17.0. The minimum absolute atomic E-state index is 0.0264. The van der Waals surface area contributed by atoms with Gasteiger partial charge >= 0.3 is 5.97 Å². The molecule has 0 bridgehead atoms. The fourth-order valence-corrected chi connectivity index (χ4v) is 4.36. The highest BCUT2D eigenvalue weighted by Crippen LogP contribution is 2.66. The summed E-state index contributed by atoms with van der Waals surface area (Å²) in [4.78, 5) is 15.0. The van der Waals surface area contributed by atoms with E-state index in [1.165, 1.54) is 22.3 Å². The molecule has 0 N–H and O–H groups in total. The van der Waals surface area contributed by atoms with Crippen molar-refractivity contribution < 1.29 is 9.53 Å². The molecule has 2 aromatic carbocycles. The van der Waals surface area contributed by atoms with Crippen molar-refractivity contribution in [3.63, 3.8) is 0 Å². The Balaban J connectivity index is 1.53. The average Bonchev–Trinajstić information content (AvgIpc) is 3.42. The topological polar surface area (TPSA) is 29.5 Å². The van der Waals surface area contributed by atoms with Crippen molar-refractivity contribution in [2.75, 3.05) is 26.2 Å². The van der Waals surface area contributed by atoms with Crippen molar-refractivity contribution in [2.24, 2.45) is 5.92 Å². The van der Waals surface area contributed by atoms with Crippen molar-refractivity contribution in [1.29, 1.82) is 0 Å². The van der Waals surface area contributed by atoms with Gasteiger partial charge in [-0.2, -0.15) is 0 Å². The Bertz CT molecular complexity index is 730. The lowest BCUT2D eigenvalue weighted by molar-refractivity contribution is -0.145. The van der Waals surface area contributed by atoms with E-state index >= 15 is 0 Å². The predicted octanol–water partition coefficient (Wildman–Crippen LogP) is 4.05. The number of benzene rings is 2. The first kappa shape index (κ1) is 16.3. The highest BCUT2D eigenvalue weighted by atomic mass is 16.5. The molecule has 0 amide bonds. The minimum atomic E-state index is -0.0336. The second-order valence-corrected chi connectivity index (χ2v) is 6.95. The first-order valence-electron chi connectivity index (χ1n) is 9.33. The highest BCUT2D eigenvalue weighted by molar-refractivity contribution is 5.87. The third-order valence-electron chi connectivity index (χ3n) is 5.77. The van der Waals surface area contributed by atoms with E-state index in [1.807, 2.05) is 0 Å². The zero-order valence-corrected chi connectivity index (χ0v) is 14.9. The Morgan fingerprint density at radius 1 is 0.920 bits per heavy atom. The molecule has 1 saturated carbocycles. The average molecular weight is 335 g/mol. The molecule has 4 rings (SSSR count). The fourth-order valence-electron chi connectivity index (χ4n) is 4.36. The van der Waals surface area contributed by atoms with Gasteiger partial charge in [0.15, 0.2) is 0 Å². The SMILES string of the molecule is CCN(CC)CCOC(=O)C1[C@H]2c3ccccc3-c3ccccc3[C@@H]12. The van der Waals surface area contributed by atoms with Gasteiger partial charge < -0.3 is 9.64 Å². The highest BCUT2D eigenvalue weighted by Gasteiger charge is 2.60. The molecule has 25 heavy (non-hydrogen) atoms. The molecule has 1 fully saturated rings. The summed E-state index contributed by atoms with van der Waals surface area (Å²) in [5.74, 6) is 0.509. The molecule has 0 heterocycles. The summed E-state index contributed by atoms with van der Waals surface area (Å²) in [5, 5.41) is 0. The largest absolute Gasteiger partial charge is 0.464 e. The van der Waals surface area contributed by atoms with Crippen LogP contribution < -0.4 is 0 Å². The van der Waals surface area contributed by atoms with Crippen LogP contribution in [0.5, 0.6) is 0 Å². The molecular formula is C22H25NO2. The maximum atomic E-state index is 12.7. The molecule has 130 valence electrons. The van der Waals surface area contributed by atoms with Crippen molar-refractivity contribution >= 4 is 5.97 Å². The maximum absolute atomic E-state index is 12.7. The second kappa shape index (κ2) is 6.64. The zero-order chi connectivity index (χ0) is 17.4. The lowest BCUT2D eigenvalue weighted by atomic mass is 9.86. The van der Waals surface area contributed by atoms with Crippen LogP contribution >= 0.6 is 0 Å². The van der Waals surface area contributed by atoms with Gasteiger partial charge in [-0.15, -0.1) is 0 Å². The number of carbonyl (C=O) groups excluding carboxylic acids is 1.